The molecule has 0 spiro atoms. The van der Waals surface area contributed by atoms with E-state index in [2.05, 4.69) is 5.32 Å². The number of carbonyl (C=O) groups is 3. The van der Waals surface area contributed by atoms with Crippen molar-refractivity contribution in [2.24, 2.45) is 0 Å². The Morgan fingerprint density at radius 2 is 1.89 bits per heavy atom. The van der Waals surface area contributed by atoms with E-state index in [4.69, 9.17) is 0 Å². The fourth-order valence-electron chi connectivity index (χ4n) is 3.14. The summed E-state index contributed by atoms with van der Waals surface area (Å²) in [6.45, 7) is -0.829. The van der Waals surface area contributed by atoms with Crippen molar-refractivity contribution >= 4 is 27.6 Å². The fraction of sp³-hybridized carbons (Fsp3) is 0.312. The van der Waals surface area contributed by atoms with E-state index < -0.39 is 57.1 Å². The third kappa shape index (κ3) is 3.94. The van der Waals surface area contributed by atoms with E-state index in [9.17, 15) is 33.0 Å². The Morgan fingerprint density at radius 3 is 2.44 bits per heavy atom. The number of carboxylic acids is 1. The van der Waals surface area contributed by atoms with Gasteiger partial charge in [-0.15, -0.1) is 0 Å². The normalized spacial score (nSPS) is 23.0. The number of aliphatic carboxylic acids is 1. The van der Waals surface area contributed by atoms with E-state index in [1.54, 1.807) is 30.3 Å². The molecule has 1 saturated heterocycles. The molecule has 3 rings (SSSR count). The van der Waals surface area contributed by atoms with Crippen LogP contribution in [0.5, 0.6) is 0 Å². The van der Waals surface area contributed by atoms with Crippen LogP contribution in [0.1, 0.15) is 5.56 Å². The molecule has 2 atom stereocenters. The number of aliphatic hydroxyl groups excluding tert-OH is 1. The minimum Gasteiger partial charge on any atom is -0.543 e. The molecule has 1 fully saturated rings. The van der Waals surface area contributed by atoms with Crippen LogP contribution in [-0.4, -0.2) is 60.0 Å². The van der Waals surface area contributed by atoms with Crippen molar-refractivity contribution in [3.05, 3.63) is 47.2 Å². The minimum absolute atomic E-state index is 0. The zero-order valence-electron chi connectivity index (χ0n) is 14.4. The van der Waals surface area contributed by atoms with E-state index in [1.165, 1.54) is 0 Å². The SMILES string of the molecule is O=C(Cc1ccccc1)N[C@H]1C(=O)N2C(C(=O)[O-])=C(CO)CS(=O)(=O)[C@@H]12.[Na+]. The van der Waals surface area contributed by atoms with E-state index in [-0.39, 0.29) is 41.6 Å². The van der Waals surface area contributed by atoms with Gasteiger partial charge in [0.2, 0.25) is 5.91 Å². The number of benzene rings is 1. The van der Waals surface area contributed by atoms with Crippen LogP contribution in [0.2, 0.25) is 0 Å². The van der Waals surface area contributed by atoms with Crippen molar-refractivity contribution in [3.8, 4) is 0 Å². The van der Waals surface area contributed by atoms with Gasteiger partial charge in [-0.3, -0.25) is 14.5 Å². The molecule has 11 heteroatoms. The number of carboxylic acid groups (broad SMARTS) is 1. The fourth-order valence-corrected chi connectivity index (χ4v) is 5.15. The molecule has 1 aromatic rings. The molecular weight excluding hydrogens is 387 g/mol. The van der Waals surface area contributed by atoms with Crippen molar-refractivity contribution < 1.29 is 62.6 Å². The molecule has 1 aromatic carbocycles. The number of hydrogen-bond donors (Lipinski definition) is 2. The van der Waals surface area contributed by atoms with Gasteiger partial charge in [0.05, 0.1) is 30.4 Å². The Hall–Kier alpha value is -1.72. The Kier molecular flexibility index (Phi) is 6.48. The number of carbonyl (C=O) groups excluding carboxylic acids is 3. The number of aliphatic hydroxyl groups is 1. The largest absolute Gasteiger partial charge is 1.00 e. The summed E-state index contributed by atoms with van der Waals surface area (Å²) in [5, 5.41) is 21.3. The summed E-state index contributed by atoms with van der Waals surface area (Å²) >= 11 is 0. The number of amides is 2. The Labute approximate surface area is 177 Å². The van der Waals surface area contributed by atoms with E-state index in [1.807, 2.05) is 0 Å². The molecule has 0 aliphatic carbocycles. The monoisotopic (exact) mass is 402 g/mol. The van der Waals surface area contributed by atoms with Crippen LogP contribution >= 0.6 is 0 Å². The molecule has 27 heavy (non-hydrogen) atoms. The summed E-state index contributed by atoms with van der Waals surface area (Å²) in [6.07, 6.45) is -0.0531. The molecule has 2 amide bonds. The van der Waals surface area contributed by atoms with Crippen LogP contribution < -0.4 is 40.0 Å². The predicted octanol–water partition coefficient (Wildman–Crippen LogP) is -5.69. The minimum atomic E-state index is -3.97. The van der Waals surface area contributed by atoms with Gasteiger partial charge in [0.15, 0.2) is 15.2 Å². The van der Waals surface area contributed by atoms with Gasteiger partial charge in [0.1, 0.15) is 6.04 Å². The van der Waals surface area contributed by atoms with Crippen molar-refractivity contribution in [1.29, 1.82) is 0 Å². The summed E-state index contributed by atoms with van der Waals surface area (Å²) in [7, 11) is -3.97. The average Bonchev–Trinajstić information content (AvgIpc) is 2.58. The van der Waals surface area contributed by atoms with Crippen molar-refractivity contribution in [1.82, 2.24) is 10.2 Å². The van der Waals surface area contributed by atoms with Gasteiger partial charge in [-0.1, -0.05) is 30.3 Å². The van der Waals surface area contributed by atoms with E-state index in [0.29, 0.717) is 10.5 Å². The first-order valence-electron chi connectivity index (χ1n) is 7.68. The number of nitrogens with zero attached hydrogens (tertiary/aromatic N) is 1. The molecule has 0 aromatic heterocycles. The Bertz CT molecular complexity index is 914. The molecule has 9 nitrogen and oxygen atoms in total. The summed E-state index contributed by atoms with van der Waals surface area (Å²) in [6, 6.07) is 7.28. The quantitative estimate of drug-likeness (QED) is 0.369. The predicted molar refractivity (Wildman–Crippen MR) is 85.6 cm³/mol. The molecular formula is C16H15N2NaO7S. The number of β-lactam (4-membered cyclic amide) rings is 1. The molecule has 2 heterocycles. The molecule has 0 saturated carbocycles. The summed E-state index contributed by atoms with van der Waals surface area (Å²) in [5.74, 6) is -3.90. The van der Waals surface area contributed by atoms with Gasteiger partial charge >= 0.3 is 29.6 Å². The maximum Gasteiger partial charge on any atom is 1.00 e. The molecule has 2 aliphatic heterocycles. The first-order chi connectivity index (χ1) is 12.3. The first kappa shape index (κ1) is 21.6. The van der Waals surface area contributed by atoms with Gasteiger partial charge in [0.25, 0.3) is 5.91 Å². The third-order valence-corrected chi connectivity index (χ3v) is 6.24. The maximum absolute atomic E-state index is 12.4. The zero-order valence-corrected chi connectivity index (χ0v) is 17.2. The number of fused-ring (bicyclic) bond motifs is 1. The Morgan fingerprint density at radius 1 is 1.26 bits per heavy atom. The van der Waals surface area contributed by atoms with Crippen LogP contribution in [0.3, 0.4) is 0 Å². The van der Waals surface area contributed by atoms with Crippen LogP contribution in [0.15, 0.2) is 41.6 Å². The summed E-state index contributed by atoms with van der Waals surface area (Å²) < 4.78 is 24.7. The van der Waals surface area contributed by atoms with Crippen molar-refractivity contribution in [2.75, 3.05) is 12.4 Å². The van der Waals surface area contributed by atoms with Crippen molar-refractivity contribution in [2.45, 2.75) is 17.8 Å². The van der Waals surface area contributed by atoms with Crippen LogP contribution in [-0.2, 0) is 30.6 Å². The van der Waals surface area contributed by atoms with Gasteiger partial charge in [-0.05, 0) is 11.1 Å². The van der Waals surface area contributed by atoms with Gasteiger partial charge in [0, 0.05) is 0 Å². The van der Waals surface area contributed by atoms with Gasteiger partial charge in [-0.2, -0.15) is 0 Å². The topological polar surface area (TPSA) is 144 Å². The smallest absolute Gasteiger partial charge is 0.543 e. The summed E-state index contributed by atoms with van der Waals surface area (Å²) in [5.41, 5.74) is -0.285. The second kappa shape index (κ2) is 8.11. The molecule has 0 unspecified atom stereocenters. The number of nitrogens with one attached hydrogen (secondary N) is 1. The maximum atomic E-state index is 12.4. The summed E-state index contributed by atoms with van der Waals surface area (Å²) in [4.78, 5) is 36.3. The zero-order chi connectivity index (χ0) is 19.1. The molecule has 2 N–H and O–H groups in total. The third-order valence-electron chi connectivity index (χ3n) is 4.27. The standard InChI is InChI=1S/C16H16N2O7S.Na/c19-7-10-8-26(24,25)15-12(14(21)18(15)13(10)16(22)23)17-11(20)6-9-4-2-1-3-5-9;/h1-5,12,15,19H,6-8H2,(H,17,20)(H,22,23);/q;+1/p-1/t12-,15-;/m0./s1. The second-order valence-corrected chi connectivity index (χ2v) is 8.11. The first-order valence-corrected chi connectivity index (χ1v) is 9.40. The van der Waals surface area contributed by atoms with E-state index in [0.717, 1.165) is 0 Å². The molecule has 0 radical (unpaired) electrons. The average molecular weight is 402 g/mol. The number of hydrogen-bond acceptors (Lipinski definition) is 7. The van der Waals surface area contributed by atoms with Crippen molar-refractivity contribution in [3.63, 3.8) is 0 Å². The molecule has 2 aliphatic rings. The van der Waals surface area contributed by atoms with E-state index >= 15 is 0 Å². The Balaban J connectivity index is 0.00000261. The number of sulfone groups is 1. The van der Waals surface area contributed by atoms with Crippen LogP contribution in [0.25, 0.3) is 0 Å². The van der Waals surface area contributed by atoms with Gasteiger partial charge in [-0.25, -0.2) is 8.42 Å². The molecule has 138 valence electrons. The second-order valence-electron chi connectivity index (χ2n) is 6.01. The molecule has 0 bridgehead atoms. The van der Waals surface area contributed by atoms with Crippen LogP contribution in [0, 0.1) is 0 Å². The van der Waals surface area contributed by atoms with Gasteiger partial charge < -0.3 is 20.3 Å². The van der Waals surface area contributed by atoms with Crippen LogP contribution in [0.4, 0.5) is 0 Å². The number of rotatable bonds is 5.